The van der Waals surface area contributed by atoms with E-state index in [0.29, 0.717) is 24.4 Å². The van der Waals surface area contributed by atoms with Crippen LogP contribution in [0.25, 0.3) is 0 Å². The molecule has 0 saturated heterocycles. The van der Waals surface area contributed by atoms with Crippen LogP contribution in [-0.2, 0) is 9.59 Å². The van der Waals surface area contributed by atoms with Crippen molar-refractivity contribution in [2.45, 2.75) is 39.7 Å². The lowest BCUT2D eigenvalue weighted by Gasteiger charge is -2.33. The van der Waals surface area contributed by atoms with E-state index in [1.807, 2.05) is 13.0 Å². The highest BCUT2D eigenvalue weighted by atomic mass is 16.5. The number of hydrogen-bond acceptors (Lipinski definition) is 3. The SMILES string of the molecule is CCCN1C(=O)C(C)Oc2cc(NC(=O)CC)ccc21. The van der Waals surface area contributed by atoms with E-state index >= 15 is 0 Å². The number of amides is 2. The van der Waals surface area contributed by atoms with Crippen LogP contribution in [0.2, 0.25) is 0 Å². The van der Waals surface area contributed by atoms with Crippen molar-refractivity contribution in [3.05, 3.63) is 18.2 Å². The zero-order chi connectivity index (χ0) is 14.7. The molecule has 0 aromatic heterocycles. The molecule has 0 bridgehead atoms. The molecule has 1 aromatic rings. The normalized spacial score (nSPS) is 17.4. The number of carbonyl (C=O) groups is 2. The summed E-state index contributed by atoms with van der Waals surface area (Å²) in [7, 11) is 0. The Morgan fingerprint density at radius 1 is 1.40 bits per heavy atom. The van der Waals surface area contributed by atoms with Gasteiger partial charge in [0.25, 0.3) is 5.91 Å². The van der Waals surface area contributed by atoms with Crippen molar-refractivity contribution < 1.29 is 14.3 Å². The Hall–Kier alpha value is -2.04. The lowest BCUT2D eigenvalue weighted by Crippen LogP contribution is -2.44. The van der Waals surface area contributed by atoms with Crippen molar-refractivity contribution in [3.63, 3.8) is 0 Å². The van der Waals surface area contributed by atoms with Crippen molar-refractivity contribution >= 4 is 23.2 Å². The Morgan fingerprint density at radius 3 is 2.80 bits per heavy atom. The lowest BCUT2D eigenvalue weighted by atomic mass is 10.1. The van der Waals surface area contributed by atoms with Crippen LogP contribution in [0.5, 0.6) is 5.75 Å². The number of hydrogen-bond donors (Lipinski definition) is 1. The molecule has 5 heteroatoms. The van der Waals surface area contributed by atoms with Crippen LogP contribution in [0.15, 0.2) is 18.2 Å². The lowest BCUT2D eigenvalue weighted by molar-refractivity contribution is -0.125. The van der Waals surface area contributed by atoms with Crippen LogP contribution in [0.3, 0.4) is 0 Å². The van der Waals surface area contributed by atoms with E-state index in [-0.39, 0.29) is 11.8 Å². The molecule has 1 aromatic carbocycles. The Labute approximate surface area is 118 Å². The van der Waals surface area contributed by atoms with E-state index in [9.17, 15) is 9.59 Å². The molecule has 1 atom stereocenters. The third kappa shape index (κ3) is 2.76. The zero-order valence-corrected chi connectivity index (χ0v) is 12.1. The number of ether oxygens (including phenoxy) is 1. The van der Waals surface area contributed by atoms with Gasteiger partial charge in [0.05, 0.1) is 5.69 Å². The number of carbonyl (C=O) groups excluding carboxylic acids is 2. The van der Waals surface area contributed by atoms with Crippen LogP contribution >= 0.6 is 0 Å². The van der Waals surface area contributed by atoms with Crippen molar-refractivity contribution in [2.75, 3.05) is 16.8 Å². The topological polar surface area (TPSA) is 58.6 Å². The molecule has 1 aliphatic rings. The molecule has 1 unspecified atom stereocenters. The second-order valence-electron chi connectivity index (χ2n) is 4.83. The molecular formula is C15H20N2O3. The van der Waals surface area contributed by atoms with Gasteiger partial charge in [-0.1, -0.05) is 13.8 Å². The summed E-state index contributed by atoms with van der Waals surface area (Å²) >= 11 is 0. The Bertz CT molecular complexity index is 528. The smallest absolute Gasteiger partial charge is 0.267 e. The highest BCUT2D eigenvalue weighted by Crippen LogP contribution is 2.36. The number of anilines is 2. The van der Waals surface area contributed by atoms with Crippen molar-refractivity contribution in [1.29, 1.82) is 0 Å². The Kier molecular flexibility index (Phi) is 4.27. The molecule has 0 fully saturated rings. The maximum atomic E-state index is 12.1. The minimum Gasteiger partial charge on any atom is -0.479 e. The third-order valence-electron chi connectivity index (χ3n) is 3.22. The summed E-state index contributed by atoms with van der Waals surface area (Å²) < 4.78 is 5.63. The Balaban J connectivity index is 2.31. The standard InChI is InChI=1S/C15H20N2O3/c1-4-8-17-12-7-6-11(16-14(18)5-2)9-13(12)20-10(3)15(17)19/h6-7,9-10H,4-5,8H2,1-3H3,(H,16,18). The molecule has 20 heavy (non-hydrogen) atoms. The third-order valence-corrected chi connectivity index (χ3v) is 3.22. The predicted octanol–water partition coefficient (Wildman–Crippen LogP) is 2.56. The number of benzene rings is 1. The quantitative estimate of drug-likeness (QED) is 0.919. The molecule has 0 saturated carbocycles. The molecule has 2 amide bonds. The largest absolute Gasteiger partial charge is 0.479 e. The van der Waals surface area contributed by atoms with E-state index in [1.165, 1.54) is 0 Å². The summed E-state index contributed by atoms with van der Waals surface area (Å²) in [5.74, 6) is 0.569. The van der Waals surface area contributed by atoms with Crippen LogP contribution in [-0.4, -0.2) is 24.5 Å². The highest BCUT2D eigenvalue weighted by Gasteiger charge is 2.30. The van der Waals surface area contributed by atoms with Gasteiger partial charge in [-0.25, -0.2) is 0 Å². The van der Waals surface area contributed by atoms with Crippen molar-refractivity contribution in [1.82, 2.24) is 0 Å². The minimum atomic E-state index is -0.494. The summed E-state index contributed by atoms with van der Waals surface area (Å²) in [6, 6.07) is 5.39. The number of rotatable bonds is 4. The fourth-order valence-electron chi connectivity index (χ4n) is 2.19. The first-order valence-corrected chi connectivity index (χ1v) is 6.98. The molecule has 0 radical (unpaired) electrons. The molecule has 1 aliphatic heterocycles. The monoisotopic (exact) mass is 276 g/mol. The van der Waals surface area contributed by atoms with Gasteiger partial charge in [0.2, 0.25) is 5.91 Å². The van der Waals surface area contributed by atoms with Gasteiger partial charge in [-0.15, -0.1) is 0 Å². The van der Waals surface area contributed by atoms with Crippen LogP contribution < -0.4 is 15.0 Å². The van der Waals surface area contributed by atoms with Crippen LogP contribution in [0, 0.1) is 0 Å². The fraction of sp³-hybridized carbons (Fsp3) is 0.467. The zero-order valence-electron chi connectivity index (χ0n) is 12.1. The molecular weight excluding hydrogens is 256 g/mol. The minimum absolute atomic E-state index is 0.0234. The van der Waals surface area contributed by atoms with Crippen molar-refractivity contribution in [3.8, 4) is 5.75 Å². The van der Waals surface area contributed by atoms with E-state index in [1.54, 1.807) is 30.9 Å². The first kappa shape index (κ1) is 14.4. The average molecular weight is 276 g/mol. The van der Waals surface area contributed by atoms with Gasteiger partial charge in [0.1, 0.15) is 5.75 Å². The fourth-order valence-corrected chi connectivity index (χ4v) is 2.19. The summed E-state index contributed by atoms with van der Waals surface area (Å²) in [6.07, 6.45) is 0.812. The first-order chi connectivity index (χ1) is 9.56. The average Bonchev–Trinajstić information content (AvgIpc) is 2.43. The maximum Gasteiger partial charge on any atom is 0.267 e. The van der Waals surface area contributed by atoms with Crippen molar-refractivity contribution in [2.24, 2.45) is 0 Å². The molecule has 1 N–H and O–H groups in total. The summed E-state index contributed by atoms with van der Waals surface area (Å²) in [4.78, 5) is 25.3. The second-order valence-corrected chi connectivity index (χ2v) is 4.83. The first-order valence-electron chi connectivity index (χ1n) is 6.98. The summed E-state index contributed by atoms with van der Waals surface area (Å²) in [5, 5.41) is 2.79. The molecule has 1 heterocycles. The van der Waals surface area contributed by atoms with E-state index in [4.69, 9.17) is 4.74 Å². The van der Waals surface area contributed by atoms with Gasteiger partial charge in [-0.3, -0.25) is 9.59 Å². The van der Waals surface area contributed by atoms with Gasteiger partial charge in [-0.2, -0.15) is 0 Å². The molecule has 5 nitrogen and oxygen atoms in total. The van der Waals surface area contributed by atoms with E-state index < -0.39 is 6.10 Å². The molecule has 2 rings (SSSR count). The summed E-state index contributed by atoms with van der Waals surface area (Å²) in [6.45, 7) is 6.24. The summed E-state index contributed by atoms with van der Waals surface area (Å²) in [5.41, 5.74) is 1.46. The van der Waals surface area contributed by atoms with Crippen LogP contribution in [0.1, 0.15) is 33.6 Å². The molecule has 108 valence electrons. The molecule has 0 aliphatic carbocycles. The van der Waals surface area contributed by atoms with Crippen LogP contribution in [0.4, 0.5) is 11.4 Å². The number of nitrogens with one attached hydrogen (secondary N) is 1. The van der Waals surface area contributed by atoms with Gasteiger partial charge in [0, 0.05) is 24.7 Å². The maximum absolute atomic E-state index is 12.1. The van der Waals surface area contributed by atoms with E-state index in [0.717, 1.165) is 12.1 Å². The van der Waals surface area contributed by atoms with E-state index in [2.05, 4.69) is 5.32 Å². The highest BCUT2D eigenvalue weighted by molar-refractivity contribution is 6.00. The van der Waals surface area contributed by atoms with Gasteiger partial charge in [-0.05, 0) is 25.5 Å². The number of fused-ring (bicyclic) bond motifs is 1. The van der Waals surface area contributed by atoms with Gasteiger partial charge < -0.3 is 15.0 Å². The second kappa shape index (κ2) is 5.94. The Morgan fingerprint density at radius 2 is 2.15 bits per heavy atom. The molecule has 0 spiro atoms. The van der Waals surface area contributed by atoms with Gasteiger partial charge >= 0.3 is 0 Å². The predicted molar refractivity (Wildman–Crippen MR) is 78.1 cm³/mol. The van der Waals surface area contributed by atoms with Gasteiger partial charge in [0.15, 0.2) is 6.10 Å². The number of nitrogens with zero attached hydrogens (tertiary/aromatic N) is 1.